The van der Waals surface area contributed by atoms with E-state index in [1.54, 1.807) is 6.07 Å². The second kappa shape index (κ2) is 3.41. The summed E-state index contributed by atoms with van der Waals surface area (Å²) in [5.41, 5.74) is 0.880. The van der Waals surface area contributed by atoms with Crippen LogP contribution in [0, 0.1) is 0 Å². The quantitative estimate of drug-likeness (QED) is 0.894. The highest BCUT2D eigenvalue weighted by Crippen LogP contribution is 2.51. The summed E-state index contributed by atoms with van der Waals surface area (Å²) in [6.45, 7) is 4.01. The molecule has 1 aromatic rings. The molecule has 0 saturated heterocycles. The number of halogens is 1. The van der Waals surface area contributed by atoms with E-state index in [4.69, 9.17) is 16.3 Å². The topological polar surface area (TPSA) is 46.5 Å². The zero-order valence-corrected chi connectivity index (χ0v) is 11.2. The third-order valence-corrected chi connectivity index (χ3v) is 4.11. The first kappa shape index (κ1) is 11.8. The Labute approximate surface area is 111 Å². The van der Waals surface area contributed by atoms with Crippen LogP contribution in [0.2, 0.25) is 5.02 Å². The second-order valence-corrected chi connectivity index (χ2v) is 6.28. The lowest BCUT2D eigenvalue weighted by Crippen LogP contribution is -2.24. The summed E-state index contributed by atoms with van der Waals surface area (Å²) in [6, 6.07) is 3.71. The van der Waals surface area contributed by atoms with Gasteiger partial charge in [-0.25, -0.2) is 0 Å². The number of rotatable bonds is 2. The van der Waals surface area contributed by atoms with Crippen LogP contribution in [0.5, 0.6) is 5.75 Å². The molecule has 96 valence electrons. The number of hydrogen-bond acceptors (Lipinski definition) is 2. The van der Waals surface area contributed by atoms with E-state index in [1.807, 2.05) is 19.9 Å². The van der Waals surface area contributed by atoms with E-state index in [0.717, 1.165) is 17.5 Å². The SMILES string of the molecule is CC1(C)Cc2cc(C3(C(=O)O)CC3)cc(Cl)c2O1. The van der Waals surface area contributed by atoms with E-state index in [2.05, 4.69) is 0 Å². The van der Waals surface area contributed by atoms with Crippen LogP contribution in [-0.2, 0) is 16.6 Å². The van der Waals surface area contributed by atoms with Crippen LogP contribution in [0.15, 0.2) is 12.1 Å². The summed E-state index contributed by atoms with van der Waals surface area (Å²) in [4.78, 5) is 11.3. The number of carbonyl (C=O) groups is 1. The number of fused-ring (bicyclic) bond motifs is 1. The summed E-state index contributed by atoms with van der Waals surface area (Å²) in [7, 11) is 0. The zero-order valence-electron chi connectivity index (χ0n) is 10.4. The molecule has 1 fully saturated rings. The molecule has 0 aromatic heterocycles. The van der Waals surface area contributed by atoms with Crippen LogP contribution in [0.25, 0.3) is 0 Å². The van der Waals surface area contributed by atoms with Gasteiger partial charge in [-0.3, -0.25) is 4.79 Å². The third-order valence-electron chi connectivity index (χ3n) is 3.83. The number of hydrogen-bond donors (Lipinski definition) is 1. The molecule has 1 aromatic carbocycles. The van der Waals surface area contributed by atoms with Crippen LogP contribution in [0.3, 0.4) is 0 Å². The first-order chi connectivity index (χ1) is 8.34. The van der Waals surface area contributed by atoms with Crippen LogP contribution >= 0.6 is 11.6 Å². The van der Waals surface area contributed by atoms with Gasteiger partial charge in [0, 0.05) is 6.42 Å². The third kappa shape index (κ3) is 1.61. The van der Waals surface area contributed by atoms with Crippen LogP contribution < -0.4 is 4.74 Å². The van der Waals surface area contributed by atoms with Crippen molar-refractivity contribution in [2.75, 3.05) is 0 Å². The number of ether oxygens (including phenoxy) is 1. The van der Waals surface area contributed by atoms with E-state index in [9.17, 15) is 9.90 Å². The molecule has 1 N–H and O–H groups in total. The van der Waals surface area contributed by atoms with Crippen molar-refractivity contribution in [1.29, 1.82) is 0 Å². The molecule has 0 atom stereocenters. The molecule has 0 amide bonds. The maximum Gasteiger partial charge on any atom is 0.314 e. The van der Waals surface area contributed by atoms with Gasteiger partial charge in [0.2, 0.25) is 0 Å². The van der Waals surface area contributed by atoms with Crippen molar-refractivity contribution in [2.24, 2.45) is 0 Å². The Hall–Kier alpha value is -1.22. The monoisotopic (exact) mass is 266 g/mol. The van der Waals surface area contributed by atoms with Gasteiger partial charge in [-0.1, -0.05) is 17.7 Å². The Balaban J connectivity index is 2.07. The Morgan fingerprint density at radius 1 is 1.39 bits per heavy atom. The fourth-order valence-corrected chi connectivity index (χ4v) is 2.97. The van der Waals surface area contributed by atoms with Crippen molar-refractivity contribution in [3.8, 4) is 5.75 Å². The molecule has 4 heteroatoms. The second-order valence-electron chi connectivity index (χ2n) is 5.87. The molecule has 3 nitrogen and oxygen atoms in total. The molecule has 1 heterocycles. The molecule has 18 heavy (non-hydrogen) atoms. The van der Waals surface area contributed by atoms with Crippen LogP contribution in [-0.4, -0.2) is 16.7 Å². The number of benzene rings is 1. The minimum absolute atomic E-state index is 0.259. The molecule has 1 aliphatic carbocycles. The van der Waals surface area contributed by atoms with Crippen LogP contribution in [0.4, 0.5) is 0 Å². The number of aliphatic carboxylic acids is 1. The molecule has 2 aliphatic rings. The van der Waals surface area contributed by atoms with Crippen molar-refractivity contribution in [1.82, 2.24) is 0 Å². The van der Waals surface area contributed by atoms with Gasteiger partial charge in [0.1, 0.15) is 11.4 Å². The standard InChI is InChI=1S/C14H15ClO3/c1-13(2)7-8-5-9(6-10(15)11(8)18-13)14(3-4-14)12(16)17/h5-6H,3-4,7H2,1-2H3,(H,16,17). The maximum atomic E-state index is 11.3. The van der Waals surface area contributed by atoms with Gasteiger partial charge < -0.3 is 9.84 Å². The highest BCUT2D eigenvalue weighted by molar-refractivity contribution is 6.32. The first-order valence-corrected chi connectivity index (χ1v) is 6.47. The lowest BCUT2D eigenvalue weighted by molar-refractivity contribution is -0.140. The zero-order chi connectivity index (χ0) is 13.1. The predicted molar refractivity (Wildman–Crippen MR) is 68.4 cm³/mol. The van der Waals surface area contributed by atoms with E-state index in [0.29, 0.717) is 23.6 Å². The summed E-state index contributed by atoms with van der Waals surface area (Å²) in [6.07, 6.45) is 2.16. The van der Waals surface area contributed by atoms with E-state index in [-0.39, 0.29) is 5.60 Å². The molecular weight excluding hydrogens is 252 g/mol. The Kier molecular flexibility index (Phi) is 2.25. The molecule has 3 rings (SSSR count). The average molecular weight is 267 g/mol. The van der Waals surface area contributed by atoms with Crippen molar-refractivity contribution >= 4 is 17.6 Å². The van der Waals surface area contributed by atoms with Crippen molar-refractivity contribution in [3.63, 3.8) is 0 Å². The maximum absolute atomic E-state index is 11.3. The van der Waals surface area contributed by atoms with Crippen molar-refractivity contribution in [3.05, 3.63) is 28.3 Å². The molecule has 1 aliphatic heterocycles. The number of carboxylic acids is 1. The Morgan fingerprint density at radius 3 is 2.61 bits per heavy atom. The smallest absolute Gasteiger partial charge is 0.314 e. The van der Waals surface area contributed by atoms with Gasteiger partial charge >= 0.3 is 5.97 Å². The molecule has 0 spiro atoms. The lowest BCUT2D eigenvalue weighted by Gasteiger charge is -2.17. The highest BCUT2D eigenvalue weighted by Gasteiger charge is 2.52. The van der Waals surface area contributed by atoms with Gasteiger partial charge in [0.15, 0.2) is 0 Å². The van der Waals surface area contributed by atoms with Crippen molar-refractivity contribution < 1.29 is 14.6 Å². The van der Waals surface area contributed by atoms with E-state index in [1.165, 1.54) is 0 Å². The van der Waals surface area contributed by atoms with Crippen molar-refractivity contribution in [2.45, 2.75) is 44.1 Å². The first-order valence-electron chi connectivity index (χ1n) is 6.09. The van der Waals surface area contributed by atoms with E-state index < -0.39 is 11.4 Å². The fourth-order valence-electron chi connectivity index (χ4n) is 2.69. The minimum Gasteiger partial charge on any atom is -0.486 e. The molecule has 1 saturated carbocycles. The Morgan fingerprint density at radius 2 is 2.06 bits per heavy atom. The Bertz CT molecular complexity index is 544. The van der Waals surface area contributed by atoms with Gasteiger partial charge in [-0.05, 0) is 43.9 Å². The normalized spacial score (nSPS) is 22.2. The van der Waals surface area contributed by atoms with Gasteiger partial charge in [-0.2, -0.15) is 0 Å². The van der Waals surface area contributed by atoms with Gasteiger partial charge in [-0.15, -0.1) is 0 Å². The molecular formula is C14H15ClO3. The highest BCUT2D eigenvalue weighted by atomic mass is 35.5. The lowest BCUT2D eigenvalue weighted by atomic mass is 9.92. The van der Waals surface area contributed by atoms with Crippen LogP contribution in [0.1, 0.15) is 37.8 Å². The van der Waals surface area contributed by atoms with E-state index >= 15 is 0 Å². The largest absolute Gasteiger partial charge is 0.486 e. The molecule has 0 unspecified atom stereocenters. The summed E-state index contributed by atoms with van der Waals surface area (Å²) in [5, 5.41) is 9.85. The number of carboxylic acid groups (broad SMARTS) is 1. The predicted octanol–water partition coefficient (Wildman–Crippen LogP) is 3.17. The summed E-state index contributed by atoms with van der Waals surface area (Å²) >= 11 is 6.22. The van der Waals surface area contributed by atoms with Gasteiger partial charge in [0.05, 0.1) is 10.4 Å². The fraction of sp³-hybridized carbons (Fsp3) is 0.500. The average Bonchev–Trinajstić information content (AvgIpc) is 2.98. The summed E-state index contributed by atoms with van der Waals surface area (Å²) in [5.74, 6) is -0.0386. The molecule has 0 bridgehead atoms. The molecule has 0 radical (unpaired) electrons. The summed E-state index contributed by atoms with van der Waals surface area (Å²) < 4.78 is 5.79. The minimum atomic E-state index is -0.753. The van der Waals surface area contributed by atoms with Gasteiger partial charge in [0.25, 0.3) is 0 Å².